The van der Waals surface area contributed by atoms with Gasteiger partial charge in [-0.3, -0.25) is 19.3 Å². The minimum atomic E-state index is -2.63. The van der Waals surface area contributed by atoms with Crippen molar-refractivity contribution in [3.8, 4) is 5.75 Å². The highest BCUT2D eigenvalue weighted by molar-refractivity contribution is 6.24. The van der Waals surface area contributed by atoms with E-state index in [0.29, 0.717) is 5.56 Å². The van der Waals surface area contributed by atoms with E-state index in [4.69, 9.17) is 5.73 Å². The Hall–Kier alpha value is -3.41. The lowest BCUT2D eigenvalue weighted by molar-refractivity contribution is -0.148. The molecule has 1 heterocycles. The summed E-state index contributed by atoms with van der Waals surface area (Å²) in [5, 5.41) is 48.1. The molecule has 0 unspecified atom stereocenters. The number of amides is 1. The van der Waals surface area contributed by atoms with Gasteiger partial charge >= 0.3 is 0 Å². The van der Waals surface area contributed by atoms with Gasteiger partial charge in [-0.05, 0) is 83.5 Å². The van der Waals surface area contributed by atoms with Crippen molar-refractivity contribution in [1.82, 2.24) is 9.80 Å². The molecule has 1 amide bonds. The molecule has 3 aliphatic carbocycles. The van der Waals surface area contributed by atoms with Crippen LogP contribution in [0.15, 0.2) is 34.8 Å². The summed E-state index contributed by atoms with van der Waals surface area (Å²) in [5.74, 6) is -6.50. The molecule has 1 saturated heterocycles. The topological polar surface area (TPSA) is 177 Å². The number of nitrogens with two attached hydrogens (primary N) is 1. The number of phenols is 1. The number of primary amides is 1. The van der Waals surface area contributed by atoms with Crippen LogP contribution in [0.25, 0.3) is 0 Å². The van der Waals surface area contributed by atoms with Crippen LogP contribution in [0, 0.1) is 11.8 Å². The zero-order chi connectivity index (χ0) is 27.7. The number of nitrogens with one attached hydrogen (secondary N) is 1. The number of phenolic OH excluding ortho intramolecular Hbond substituents is 1. The number of benzene rings is 1. The van der Waals surface area contributed by atoms with E-state index in [2.05, 4.69) is 17.3 Å². The maximum absolute atomic E-state index is 13.8. The van der Waals surface area contributed by atoms with Crippen LogP contribution in [0.4, 0.5) is 5.69 Å². The number of hydrogen-bond donors (Lipinski definition) is 6. The van der Waals surface area contributed by atoms with Crippen LogP contribution < -0.4 is 11.1 Å². The molecule has 0 radical (unpaired) electrons. The monoisotopic (exact) mass is 526 g/mol. The number of carbonyl (C=O) groups is 3. The Labute approximate surface area is 220 Å². The number of fused-ring (bicyclic) bond motifs is 3. The van der Waals surface area contributed by atoms with Crippen molar-refractivity contribution in [3.05, 3.63) is 45.9 Å². The number of likely N-dealkylation sites (N-methyl/N-ethyl adjacent to an activating group) is 1. The molecule has 0 aromatic heterocycles. The summed E-state index contributed by atoms with van der Waals surface area (Å²) in [6, 6.07) is 2.35. The van der Waals surface area contributed by atoms with Crippen molar-refractivity contribution in [2.45, 2.75) is 43.4 Å². The highest BCUT2D eigenvalue weighted by Gasteiger charge is 2.63. The minimum absolute atomic E-state index is 0.0173. The van der Waals surface area contributed by atoms with Crippen LogP contribution in [-0.2, 0) is 16.0 Å². The smallest absolute Gasteiger partial charge is 0.255 e. The van der Waals surface area contributed by atoms with Crippen LogP contribution in [-0.4, -0.2) is 99.6 Å². The van der Waals surface area contributed by atoms with Gasteiger partial charge in [-0.25, -0.2) is 0 Å². The lowest BCUT2D eigenvalue weighted by atomic mass is 9.58. The second-order valence-electron chi connectivity index (χ2n) is 11.2. The lowest BCUT2D eigenvalue weighted by Crippen LogP contribution is -2.63. The summed E-state index contributed by atoms with van der Waals surface area (Å²) in [6.45, 7) is 1.87. The summed E-state index contributed by atoms with van der Waals surface area (Å²) >= 11 is 0. The third-order valence-electron chi connectivity index (χ3n) is 8.68. The molecular weight excluding hydrogens is 492 g/mol. The van der Waals surface area contributed by atoms with E-state index in [1.807, 2.05) is 0 Å². The molecule has 1 fully saturated rings. The van der Waals surface area contributed by atoms with E-state index in [1.54, 1.807) is 20.2 Å². The largest absolute Gasteiger partial charge is 0.510 e. The number of likely N-dealkylation sites (tertiary alicyclic amines) is 1. The number of carbonyl (C=O) groups excluding carboxylic acids is 3. The molecule has 1 aromatic carbocycles. The highest BCUT2D eigenvalue weighted by atomic mass is 16.3. The molecule has 11 heteroatoms. The van der Waals surface area contributed by atoms with Crippen LogP contribution in [0.3, 0.4) is 0 Å². The molecule has 204 valence electrons. The van der Waals surface area contributed by atoms with E-state index in [-0.39, 0.29) is 35.8 Å². The van der Waals surface area contributed by atoms with Gasteiger partial charge in [0.05, 0.1) is 11.6 Å². The Bertz CT molecular complexity index is 1290. The Morgan fingerprint density at radius 3 is 2.42 bits per heavy atom. The standard InChI is InChI=1S/C27H34N4O7/c1-30(2)21-15-11-12-10-14-16(29-13-6-8-31(3)9-7-13)4-5-17(32)19(14)22(33)18(12)24(35)27(15,38)25(36)20(23(21)34)26(28)37/h4-5,12-13,15,21,29,32,34-35,38H,6-11H2,1-3H3,(H2,28,37)/t12-,15+,21-,27-/m1/s1. The second-order valence-corrected chi connectivity index (χ2v) is 11.2. The molecule has 11 nitrogen and oxygen atoms in total. The predicted molar refractivity (Wildman–Crippen MR) is 138 cm³/mol. The summed E-state index contributed by atoms with van der Waals surface area (Å²) in [7, 11) is 5.28. The van der Waals surface area contributed by atoms with Crippen LogP contribution in [0.2, 0.25) is 0 Å². The van der Waals surface area contributed by atoms with Gasteiger partial charge in [-0.2, -0.15) is 0 Å². The SMILES string of the molecule is CN1CCC(Nc2ccc(O)c3c2C[C@@H]2C[C@H]4[C@@H](N(C)C)C(O)=C(C(N)=O)C(=O)[C@]4(O)C(O)=C2C3=O)CC1. The van der Waals surface area contributed by atoms with Gasteiger partial charge in [-0.1, -0.05) is 0 Å². The lowest BCUT2D eigenvalue weighted by Gasteiger charge is -2.50. The van der Waals surface area contributed by atoms with Crippen molar-refractivity contribution >= 4 is 23.2 Å². The molecule has 38 heavy (non-hydrogen) atoms. The second kappa shape index (κ2) is 9.11. The van der Waals surface area contributed by atoms with Crippen LogP contribution in [0.1, 0.15) is 35.2 Å². The van der Waals surface area contributed by atoms with Crippen LogP contribution >= 0.6 is 0 Å². The van der Waals surface area contributed by atoms with Crippen LogP contribution in [0.5, 0.6) is 5.75 Å². The van der Waals surface area contributed by atoms with E-state index >= 15 is 0 Å². The molecule has 1 aromatic rings. The fraction of sp³-hybridized carbons (Fsp3) is 0.519. The minimum Gasteiger partial charge on any atom is -0.510 e. The van der Waals surface area contributed by atoms with Crippen molar-refractivity contribution in [2.24, 2.45) is 17.6 Å². The zero-order valence-corrected chi connectivity index (χ0v) is 21.7. The molecule has 4 atom stereocenters. The number of rotatable bonds is 4. The van der Waals surface area contributed by atoms with E-state index in [1.165, 1.54) is 11.0 Å². The van der Waals surface area contributed by atoms with E-state index < -0.39 is 58.0 Å². The normalized spacial score (nSPS) is 30.3. The quantitative estimate of drug-likeness (QED) is 0.241. The first-order valence-electron chi connectivity index (χ1n) is 12.8. The third-order valence-corrected chi connectivity index (χ3v) is 8.68. The predicted octanol–water partition coefficient (Wildman–Crippen LogP) is 0.627. The van der Waals surface area contributed by atoms with Gasteiger partial charge in [0.25, 0.3) is 5.91 Å². The molecular formula is C27H34N4O7. The first-order valence-corrected chi connectivity index (χ1v) is 12.8. The molecule has 5 rings (SSSR count). The number of ketones is 2. The van der Waals surface area contributed by atoms with E-state index in [0.717, 1.165) is 31.6 Å². The number of aliphatic hydroxyl groups excluding tert-OH is 2. The van der Waals surface area contributed by atoms with Gasteiger partial charge in [0.15, 0.2) is 11.4 Å². The number of nitrogens with zero attached hydrogens (tertiary/aromatic N) is 2. The Morgan fingerprint density at radius 2 is 1.82 bits per heavy atom. The van der Waals surface area contributed by atoms with E-state index in [9.17, 15) is 34.8 Å². The third kappa shape index (κ3) is 3.71. The first kappa shape index (κ1) is 26.2. The van der Waals surface area contributed by atoms with Gasteiger partial charge in [0.1, 0.15) is 22.8 Å². The zero-order valence-electron chi connectivity index (χ0n) is 21.7. The summed E-state index contributed by atoms with van der Waals surface area (Å²) in [5.41, 5.74) is 3.12. The van der Waals surface area contributed by atoms with Crippen molar-refractivity contribution in [3.63, 3.8) is 0 Å². The molecule has 4 aliphatic rings. The molecule has 7 N–H and O–H groups in total. The fourth-order valence-corrected chi connectivity index (χ4v) is 6.76. The number of aromatic hydroxyl groups is 1. The average molecular weight is 527 g/mol. The number of Topliss-reactive ketones (excluding diaryl/α,β-unsaturated/α-hetero) is 2. The van der Waals surface area contributed by atoms with Crippen molar-refractivity contribution in [2.75, 3.05) is 39.5 Å². The van der Waals surface area contributed by atoms with Crippen molar-refractivity contribution in [1.29, 1.82) is 0 Å². The number of anilines is 1. The maximum Gasteiger partial charge on any atom is 0.255 e. The summed E-state index contributed by atoms with van der Waals surface area (Å²) in [4.78, 5) is 43.0. The molecule has 1 aliphatic heterocycles. The maximum atomic E-state index is 13.8. The molecule has 0 bridgehead atoms. The van der Waals surface area contributed by atoms with Gasteiger partial charge in [-0.15, -0.1) is 0 Å². The van der Waals surface area contributed by atoms with Gasteiger partial charge in [0, 0.05) is 23.2 Å². The number of hydrogen-bond acceptors (Lipinski definition) is 10. The summed E-state index contributed by atoms with van der Waals surface area (Å²) in [6.07, 6.45) is 2.17. The Kier molecular flexibility index (Phi) is 6.28. The fourth-order valence-electron chi connectivity index (χ4n) is 6.76. The van der Waals surface area contributed by atoms with Crippen molar-refractivity contribution < 1.29 is 34.8 Å². The Morgan fingerprint density at radius 1 is 1.16 bits per heavy atom. The number of piperidine rings is 1. The summed E-state index contributed by atoms with van der Waals surface area (Å²) < 4.78 is 0. The number of aliphatic hydroxyl groups is 3. The van der Waals surface area contributed by atoms with Gasteiger partial charge < -0.3 is 36.4 Å². The first-order chi connectivity index (χ1) is 17.9. The Balaban J connectivity index is 1.61. The average Bonchev–Trinajstić information content (AvgIpc) is 2.84. The van der Waals surface area contributed by atoms with Gasteiger partial charge in [0.2, 0.25) is 5.78 Å². The molecule has 0 saturated carbocycles. The molecule has 0 spiro atoms. The number of allylic oxidation sites excluding steroid dienone is 1. The highest BCUT2D eigenvalue weighted by Crippen LogP contribution is 2.52.